The molecule has 0 spiro atoms. The lowest BCUT2D eigenvalue weighted by molar-refractivity contribution is 0.108. The average Bonchev–Trinajstić information content (AvgIpc) is 2.21. The topological polar surface area (TPSA) is 122 Å². The molecule has 0 aromatic rings. The first-order valence-electron chi connectivity index (χ1n) is 4.70. The molecule has 0 fully saturated rings. The van der Waals surface area contributed by atoms with E-state index in [1.807, 2.05) is 0 Å². The smallest absolute Gasteiger partial charge is 0.407 e. The number of hydrogen-bond donors (Lipinski definition) is 4. The van der Waals surface area contributed by atoms with Crippen molar-refractivity contribution >= 4 is 12.2 Å². The van der Waals surface area contributed by atoms with Gasteiger partial charge in [0.15, 0.2) is 0 Å². The number of amides is 2. The molecule has 0 saturated heterocycles. The first-order valence-corrected chi connectivity index (χ1v) is 4.70. The zero-order chi connectivity index (χ0) is 12.6. The molecular formula is C8H16N2O6. The van der Waals surface area contributed by atoms with Crippen molar-refractivity contribution in [3.63, 3.8) is 0 Å². The molecule has 0 saturated carbocycles. The van der Waals surface area contributed by atoms with E-state index in [0.29, 0.717) is 0 Å². The fourth-order valence-corrected chi connectivity index (χ4v) is 1.09. The van der Waals surface area contributed by atoms with Gasteiger partial charge < -0.3 is 30.2 Å². The van der Waals surface area contributed by atoms with Crippen molar-refractivity contribution in [3.8, 4) is 0 Å². The van der Waals surface area contributed by atoms with E-state index in [2.05, 4.69) is 0 Å². The van der Waals surface area contributed by atoms with Gasteiger partial charge in [0.05, 0.1) is 13.2 Å². The van der Waals surface area contributed by atoms with Gasteiger partial charge in [0.1, 0.15) is 0 Å². The van der Waals surface area contributed by atoms with Gasteiger partial charge in [-0.15, -0.1) is 0 Å². The molecule has 0 heterocycles. The van der Waals surface area contributed by atoms with E-state index < -0.39 is 12.2 Å². The predicted octanol–water partition coefficient (Wildman–Crippen LogP) is -1.07. The highest BCUT2D eigenvalue weighted by Gasteiger charge is 2.15. The standard InChI is InChI=1S/C8H16N2O6/c11-5-3-9(7(13)14)1-2-10(4-6-12)8(15)16/h11-12H,1-6H2,(H,13,14)(H,15,16). The predicted molar refractivity (Wildman–Crippen MR) is 53.4 cm³/mol. The summed E-state index contributed by atoms with van der Waals surface area (Å²) in [5.74, 6) is 0. The highest BCUT2D eigenvalue weighted by molar-refractivity contribution is 5.66. The van der Waals surface area contributed by atoms with E-state index in [0.717, 1.165) is 9.80 Å². The Balaban J connectivity index is 4.14. The Morgan fingerprint density at radius 1 is 0.750 bits per heavy atom. The molecule has 4 N–H and O–H groups in total. The minimum Gasteiger partial charge on any atom is -0.465 e. The van der Waals surface area contributed by atoms with Crippen molar-refractivity contribution in [2.45, 2.75) is 0 Å². The largest absolute Gasteiger partial charge is 0.465 e. The number of hydrogen-bond acceptors (Lipinski definition) is 4. The van der Waals surface area contributed by atoms with Gasteiger partial charge in [0, 0.05) is 26.2 Å². The summed E-state index contributed by atoms with van der Waals surface area (Å²) < 4.78 is 0. The Labute approximate surface area is 92.3 Å². The van der Waals surface area contributed by atoms with Crippen LogP contribution in [0.2, 0.25) is 0 Å². The van der Waals surface area contributed by atoms with E-state index in [9.17, 15) is 9.59 Å². The maximum Gasteiger partial charge on any atom is 0.407 e. The summed E-state index contributed by atoms with van der Waals surface area (Å²) in [6, 6.07) is 0. The van der Waals surface area contributed by atoms with Crippen molar-refractivity contribution in [3.05, 3.63) is 0 Å². The molecule has 0 aromatic heterocycles. The Morgan fingerprint density at radius 2 is 1.06 bits per heavy atom. The Hall–Kier alpha value is -1.54. The summed E-state index contributed by atoms with van der Waals surface area (Å²) in [4.78, 5) is 23.1. The molecule has 8 nitrogen and oxygen atoms in total. The van der Waals surface area contributed by atoms with E-state index >= 15 is 0 Å². The van der Waals surface area contributed by atoms with E-state index in [1.165, 1.54) is 0 Å². The van der Waals surface area contributed by atoms with Crippen LogP contribution in [-0.4, -0.2) is 81.8 Å². The normalized spacial score (nSPS) is 9.88. The Morgan fingerprint density at radius 3 is 1.25 bits per heavy atom. The quantitative estimate of drug-likeness (QED) is 0.446. The molecule has 2 amide bonds. The summed E-state index contributed by atoms with van der Waals surface area (Å²) in [5, 5.41) is 34.5. The number of carbonyl (C=O) groups is 2. The van der Waals surface area contributed by atoms with Gasteiger partial charge in [-0.25, -0.2) is 9.59 Å². The zero-order valence-electron chi connectivity index (χ0n) is 8.74. The highest BCUT2D eigenvalue weighted by atomic mass is 16.4. The van der Waals surface area contributed by atoms with Crippen molar-refractivity contribution in [2.24, 2.45) is 0 Å². The van der Waals surface area contributed by atoms with Gasteiger partial charge in [-0.2, -0.15) is 0 Å². The fraction of sp³-hybridized carbons (Fsp3) is 0.750. The molecule has 0 bridgehead atoms. The van der Waals surface area contributed by atoms with Crippen LogP contribution >= 0.6 is 0 Å². The van der Waals surface area contributed by atoms with Crippen molar-refractivity contribution < 1.29 is 30.0 Å². The number of carboxylic acid groups (broad SMARTS) is 2. The molecule has 8 heteroatoms. The van der Waals surface area contributed by atoms with Gasteiger partial charge in [0.2, 0.25) is 0 Å². The summed E-state index contributed by atoms with van der Waals surface area (Å²) in [7, 11) is 0. The number of rotatable bonds is 7. The molecule has 0 aliphatic carbocycles. The van der Waals surface area contributed by atoms with Gasteiger partial charge in [-0.3, -0.25) is 0 Å². The molecule has 0 atom stereocenters. The second kappa shape index (κ2) is 7.71. The maximum atomic E-state index is 10.6. The first kappa shape index (κ1) is 14.5. The van der Waals surface area contributed by atoms with Gasteiger partial charge >= 0.3 is 12.2 Å². The zero-order valence-corrected chi connectivity index (χ0v) is 8.74. The third-order valence-corrected chi connectivity index (χ3v) is 1.92. The fourth-order valence-electron chi connectivity index (χ4n) is 1.09. The number of aliphatic hydroxyl groups excluding tert-OH is 2. The third kappa shape index (κ3) is 5.37. The molecule has 0 aliphatic heterocycles. The van der Waals surface area contributed by atoms with Crippen LogP contribution in [-0.2, 0) is 0 Å². The lowest BCUT2D eigenvalue weighted by Crippen LogP contribution is -2.42. The summed E-state index contributed by atoms with van der Waals surface area (Å²) in [6.45, 7) is -0.854. The summed E-state index contributed by atoms with van der Waals surface area (Å²) in [5.41, 5.74) is 0. The molecule has 0 unspecified atom stereocenters. The van der Waals surface area contributed by atoms with Crippen molar-refractivity contribution in [1.82, 2.24) is 9.80 Å². The van der Waals surface area contributed by atoms with Crippen molar-refractivity contribution in [2.75, 3.05) is 39.4 Å². The van der Waals surface area contributed by atoms with Crippen LogP contribution in [0.5, 0.6) is 0 Å². The van der Waals surface area contributed by atoms with Crippen LogP contribution in [0.25, 0.3) is 0 Å². The van der Waals surface area contributed by atoms with Crippen LogP contribution in [0, 0.1) is 0 Å². The first-order chi connectivity index (χ1) is 7.52. The van der Waals surface area contributed by atoms with E-state index in [-0.39, 0.29) is 39.4 Å². The lowest BCUT2D eigenvalue weighted by Gasteiger charge is -2.23. The number of nitrogens with zero attached hydrogens (tertiary/aromatic N) is 2. The van der Waals surface area contributed by atoms with Crippen LogP contribution in [0.4, 0.5) is 9.59 Å². The molecule has 0 rings (SSSR count). The average molecular weight is 236 g/mol. The SMILES string of the molecule is O=C(O)N(CCO)CCN(CCO)C(=O)O. The Kier molecular flexibility index (Phi) is 6.97. The minimum atomic E-state index is -1.22. The lowest BCUT2D eigenvalue weighted by atomic mass is 10.4. The molecule has 0 aliphatic rings. The van der Waals surface area contributed by atoms with Crippen LogP contribution in [0.15, 0.2) is 0 Å². The van der Waals surface area contributed by atoms with Crippen LogP contribution in [0.3, 0.4) is 0 Å². The van der Waals surface area contributed by atoms with Crippen LogP contribution < -0.4 is 0 Å². The van der Waals surface area contributed by atoms with Gasteiger partial charge in [-0.1, -0.05) is 0 Å². The van der Waals surface area contributed by atoms with E-state index in [4.69, 9.17) is 20.4 Å². The molecule has 94 valence electrons. The highest BCUT2D eigenvalue weighted by Crippen LogP contribution is 1.94. The summed E-state index contributed by atoms with van der Waals surface area (Å²) >= 11 is 0. The van der Waals surface area contributed by atoms with Gasteiger partial charge in [-0.05, 0) is 0 Å². The van der Waals surface area contributed by atoms with E-state index in [1.54, 1.807) is 0 Å². The molecular weight excluding hydrogens is 220 g/mol. The third-order valence-electron chi connectivity index (χ3n) is 1.92. The minimum absolute atomic E-state index is 0.0395. The second-order valence-corrected chi connectivity index (χ2v) is 2.99. The molecule has 0 aromatic carbocycles. The molecule has 16 heavy (non-hydrogen) atoms. The number of aliphatic hydroxyl groups is 2. The monoisotopic (exact) mass is 236 g/mol. The maximum absolute atomic E-state index is 10.6. The van der Waals surface area contributed by atoms with Crippen LogP contribution in [0.1, 0.15) is 0 Å². The van der Waals surface area contributed by atoms with Crippen molar-refractivity contribution in [1.29, 1.82) is 0 Å². The summed E-state index contributed by atoms with van der Waals surface area (Å²) in [6.07, 6.45) is -2.44. The second-order valence-electron chi connectivity index (χ2n) is 2.99. The van der Waals surface area contributed by atoms with Gasteiger partial charge in [0.25, 0.3) is 0 Å². The molecule has 0 radical (unpaired) electrons. The Bertz CT molecular complexity index is 211.